The first-order chi connectivity index (χ1) is 4.00. The Labute approximate surface area is 85.8 Å². The van der Waals surface area contributed by atoms with Gasteiger partial charge in [0.05, 0.1) is 0 Å². The van der Waals surface area contributed by atoms with E-state index in [1.54, 1.807) is 0 Å². The molecule has 64 valence electrons. The SMILES string of the molecule is CC(C)CO.N=C(N)N.[Cl-].[Li+]. The molecule has 0 amide bonds. The molecule has 0 rings (SSSR count). The Bertz CT molecular complexity index is 78.1. The molecular weight excluding hydrogens is 160 g/mol. The fourth-order valence-electron chi connectivity index (χ4n) is 0. The van der Waals surface area contributed by atoms with Gasteiger partial charge < -0.3 is 29.0 Å². The predicted molar refractivity (Wildman–Crippen MR) is 38.0 cm³/mol. The van der Waals surface area contributed by atoms with Crippen molar-refractivity contribution in [2.75, 3.05) is 6.61 Å². The van der Waals surface area contributed by atoms with Crippen molar-refractivity contribution in [3.8, 4) is 0 Å². The molecule has 0 aromatic heterocycles. The zero-order chi connectivity index (χ0) is 7.86. The van der Waals surface area contributed by atoms with Crippen LogP contribution >= 0.6 is 0 Å². The van der Waals surface area contributed by atoms with Crippen LogP contribution in [0, 0.1) is 11.3 Å². The van der Waals surface area contributed by atoms with E-state index in [4.69, 9.17) is 10.5 Å². The number of hydrogen-bond donors (Lipinski definition) is 4. The van der Waals surface area contributed by atoms with Crippen molar-refractivity contribution in [3.63, 3.8) is 0 Å². The fourth-order valence-corrected chi connectivity index (χ4v) is 0. The van der Waals surface area contributed by atoms with Gasteiger partial charge in [-0.3, -0.25) is 5.41 Å². The third-order valence-corrected chi connectivity index (χ3v) is 0.365. The van der Waals surface area contributed by atoms with Crippen LogP contribution in [0.1, 0.15) is 13.8 Å². The fraction of sp³-hybridized carbons (Fsp3) is 0.800. The molecule has 0 fully saturated rings. The van der Waals surface area contributed by atoms with Gasteiger partial charge in [-0.05, 0) is 5.92 Å². The van der Waals surface area contributed by atoms with Gasteiger partial charge in [0.25, 0.3) is 0 Å². The van der Waals surface area contributed by atoms with Crippen LogP contribution in [0.25, 0.3) is 0 Å². The number of hydrogen-bond acceptors (Lipinski definition) is 2. The van der Waals surface area contributed by atoms with Gasteiger partial charge in [0, 0.05) is 6.61 Å². The molecule has 0 atom stereocenters. The first-order valence-corrected chi connectivity index (χ1v) is 2.71. The van der Waals surface area contributed by atoms with Crippen molar-refractivity contribution in [2.45, 2.75) is 13.8 Å². The first-order valence-electron chi connectivity index (χ1n) is 2.71. The Hall–Kier alpha value is 0.117. The zero-order valence-corrected chi connectivity index (χ0v) is 8.02. The summed E-state index contributed by atoms with van der Waals surface area (Å²) in [6.45, 7) is 4.25. The molecule has 6 N–H and O–H groups in total. The largest absolute Gasteiger partial charge is 1.00 e. The van der Waals surface area contributed by atoms with Crippen LogP contribution in [0.4, 0.5) is 0 Å². The third-order valence-electron chi connectivity index (χ3n) is 0.365. The summed E-state index contributed by atoms with van der Waals surface area (Å²) in [6, 6.07) is 0. The molecule has 0 aliphatic rings. The molecule has 11 heavy (non-hydrogen) atoms. The minimum absolute atomic E-state index is 0. The van der Waals surface area contributed by atoms with Gasteiger partial charge in [-0.2, -0.15) is 0 Å². The summed E-state index contributed by atoms with van der Waals surface area (Å²) in [5.74, 6) is 0.106. The number of nitrogens with one attached hydrogen (secondary N) is 1. The van der Waals surface area contributed by atoms with Crippen LogP contribution in [-0.2, 0) is 0 Å². The molecule has 0 bridgehead atoms. The maximum Gasteiger partial charge on any atom is 1.00 e. The van der Waals surface area contributed by atoms with Crippen LogP contribution in [0.2, 0.25) is 0 Å². The molecule has 0 saturated carbocycles. The number of guanidine groups is 1. The summed E-state index contributed by atoms with van der Waals surface area (Å²) in [4.78, 5) is 0. The van der Waals surface area contributed by atoms with E-state index in [9.17, 15) is 0 Å². The standard InChI is InChI=1S/C4H10O.CH5N3.ClH.Li/c1-4(2)3-5;2-1(3)4;;/h4-5H,3H2,1-2H3;(H5,2,3,4);1H;/q;;;+1/p-1. The Morgan fingerprint density at radius 2 is 1.55 bits per heavy atom. The van der Waals surface area contributed by atoms with E-state index in [2.05, 4.69) is 11.5 Å². The average molecular weight is 176 g/mol. The Morgan fingerprint density at radius 3 is 1.55 bits per heavy atom. The number of halogens is 1. The summed E-state index contributed by atoms with van der Waals surface area (Å²) < 4.78 is 0. The van der Waals surface area contributed by atoms with Gasteiger partial charge in [-0.25, -0.2) is 0 Å². The smallest absolute Gasteiger partial charge is 1.00 e. The minimum atomic E-state index is -0.333. The Kier molecular flexibility index (Phi) is 33.9. The van der Waals surface area contributed by atoms with Gasteiger partial charge in [-0.1, -0.05) is 13.8 Å². The second-order valence-electron chi connectivity index (χ2n) is 2.03. The quantitative estimate of drug-likeness (QED) is 0.181. The van der Waals surface area contributed by atoms with Gasteiger partial charge in [0.15, 0.2) is 5.96 Å². The molecule has 0 heterocycles. The number of aliphatic hydroxyl groups excluding tert-OH is 1. The van der Waals surface area contributed by atoms with Gasteiger partial charge in [-0.15, -0.1) is 0 Å². The Morgan fingerprint density at radius 1 is 1.45 bits per heavy atom. The number of rotatable bonds is 1. The first kappa shape index (κ1) is 22.5. The van der Waals surface area contributed by atoms with Crippen molar-refractivity contribution in [3.05, 3.63) is 0 Å². The van der Waals surface area contributed by atoms with Crippen LogP contribution in [0.15, 0.2) is 0 Å². The number of nitrogens with two attached hydrogens (primary N) is 2. The van der Waals surface area contributed by atoms with Crippen molar-refractivity contribution in [2.24, 2.45) is 17.4 Å². The van der Waals surface area contributed by atoms with E-state index in [0.717, 1.165) is 0 Å². The van der Waals surface area contributed by atoms with Gasteiger partial charge >= 0.3 is 18.9 Å². The second kappa shape index (κ2) is 16.6. The minimum Gasteiger partial charge on any atom is -1.00 e. The second-order valence-corrected chi connectivity index (χ2v) is 2.03. The van der Waals surface area contributed by atoms with Crippen LogP contribution in [0.3, 0.4) is 0 Å². The van der Waals surface area contributed by atoms with Crippen molar-refractivity contribution in [1.82, 2.24) is 0 Å². The topological polar surface area (TPSA) is 96.1 Å². The summed E-state index contributed by atoms with van der Waals surface area (Å²) in [5.41, 5.74) is 8.94. The van der Waals surface area contributed by atoms with E-state index < -0.39 is 0 Å². The summed E-state index contributed by atoms with van der Waals surface area (Å²) in [7, 11) is 0. The summed E-state index contributed by atoms with van der Waals surface area (Å²) >= 11 is 0. The summed E-state index contributed by atoms with van der Waals surface area (Å²) in [5, 5.41) is 14.2. The monoisotopic (exact) mass is 175 g/mol. The average Bonchev–Trinajstić information content (AvgIpc) is 1.65. The summed E-state index contributed by atoms with van der Waals surface area (Å²) in [6.07, 6.45) is 0. The molecule has 0 aromatic carbocycles. The van der Waals surface area contributed by atoms with E-state index in [-0.39, 0.29) is 37.2 Å². The molecule has 0 saturated heterocycles. The van der Waals surface area contributed by atoms with E-state index >= 15 is 0 Å². The zero-order valence-electron chi connectivity index (χ0n) is 7.26. The molecule has 0 radical (unpaired) electrons. The van der Waals surface area contributed by atoms with Crippen LogP contribution in [0.5, 0.6) is 0 Å². The van der Waals surface area contributed by atoms with Crippen LogP contribution in [-0.4, -0.2) is 17.7 Å². The van der Waals surface area contributed by atoms with Crippen LogP contribution < -0.4 is 42.7 Å². The normalized spacial score (nSPS) is 6.55. The van der Waals surface area contributed by atoms with E-state index in [0.29, 0.717) is 12.5 Å². The molecule has 0 aliphatic heterocycles. The third kappa shape index (κ3) is 149. The molecule has 4 nitrogen and oxygen atoms in total. The molecule has 0 aliphatic carbocycles. The Balaban J connectivity index is -0.0000000383. The molecule has 0 spiro atoms. The van der Waals surface area contributed by atoms with E-state index in [1.807, 2.05) is 13.8 Å². The molecular formula is C5H15ClLiN3O. The van der Waals surface area contributed by atoms with Crippen molar-refractivity contribution >= 4 is 5.96 Å². The molecule has 0 aromatic rings. The molecule has 0 unspecified atom stereocenters. The maximum atomic E-state index is 8.14. The maximum absolute atomic E-state index is 8.14. The molecule has 6 heteroatoms. The number of aliphatic hydroxyl groups is 1. The van der Waals surface area contributed by atoms with Crippen molar-refractivity contribution in [1.29, 1.82) is 5.41 Å². The van der Waals surface area contributed by atoms with E-state index in [1.165, 1.54) is 0 Å². The van der Waals surface area contributed by atoms with Gasteiger partial charge in [0.2, 0.25) is 0 Å². The predicted octanol–water partition coefficient (Wildman–Crippen LogP) is -6.52. The van der Waals surface area contributed by atoms with Gasteiger partial charge in [0.1, 0.15) is 0 Å². The van der Waals surface area contributed by atoms with Crippen molar-refractivity contribution < 1.29 is 36.4 Å².